The second-order valence-electron chi connectivity index (χ2n) is 6.21. The van der Waals surface area contributed by atoms with Gasteiger partial charge in [0.2, 0.25) is 0 Å². The van der Waals surface area contributed by atoms with Crippen molar-refractivity contribution < 1.29 is 13.2 Å². The number of morpholine rings is 1. The Morgan fingerprint density at radius 2 is 1.79 bits per heavy atom. The summed E-state index contributed by atoms with van der Waals surface area (Å²) in [7, 11) is -1.83. The Bertz CT molecular complexity index is 387. The Hall–Kier alpha value is -0.210. The summed E-state index contributed by atoms with van der Waals surface area (Å²) in [6.45, 7) is 9.37. The van der Waals surface area contributed by atoms with E-state index in [1.807, 2.05) is 27.7 Å². The van der Waals surface area contributed by atoms with E-state index in [0.29, 0.717) is 26.2 Å². The number of hydrogen-bond acceptors (Lipinski definition) is 4. The summed E-state index contributed by atoms with van der Waals surface area (Å²) < 4.78 is 33.5. The Kier molecular flexibility index (Phi) is 5.36. The van der Waals surface area contributed by atoms with Crippen LogP contribution in [0.3, 0.4) is 0 Å². The molecule has 1 saturated heterocycles. The molecule has 0 spiro atoms. The highest BCUT2D eigenvalue weighted by molar-refractivity contribution is 7.86. The summed E-state index contributed by atoms with van der Waals surface area (Å²) in [5, 5.41) is 0. The lowest BCUT2D eigenvalue weighted by Crippen LogP contribution is -2.53. The number of nitrogens with two attached hydrogens (primary N) is 1. The van der Waals surface area contributed by atoms with Gasteiger partial charge >= 0.3 is 0 Å². The number of rotatable bonds is 5. The fourth-order valence-electron chi connectivity index (χ4n) is 2.27. The largest absolute Gasteiger partial charge is 0.373 e. The minimum absolute atomic E-state index is 0.0746. The quantitative estimate of drug-likeness (QED) is 0.789. The molecule has 0 bridgehead atoms. The smallest absolute Gasteiger partial charge is 0.281 e. The van der Waals surface area contributed by atoms with Crippen molar-refractivity contribution in [3.8, 4) is 0 Å². The molecule has 114 valence electrons. The van der Waals surface area contributed by atoms with E-state index in [4.69, 9.17) is 10.5 Å². The lowest BCUT2D eigenvalue weighted by atomic mass is 9.94. The maximum Gasteiger partial charge on any atom is 0.281 e. The zero-order chi connectivity index (χ0) is 14.8. The van der Waals surface area contributed by atoms with Gasteiger partial charge in [0.05, 0.1) is 12.2 Å². The average molecular weight is 293 g/mol. The molecule has 0 aliphatic carbocycles. The van der Waals surface area contributed by atoms with E-state index in [1.54, 1.807) is 7.05 Å². The van der Waals surface area contributed by atoms with Crippen molar-refractivity contribution in [2.45, 2.75) is 39.9 Å². The molecule has 6 nitrogen and oxygen atoms in total. The van der Waals surface area contributed by atoms with Crippen molar-refractivity contribution in [1.82, 2.24) is 8.61 Å². The lowest BCUT2D eigenvalue weighted by molar-refractivity contribution is -0.0454. The molecule has 0 aromatic rings. The van der Waals surface area contributed by atoms with E-state index in [0.717, 1.165) is 0 Å². The molecule has 1 aliphatic rings. The summed E-state index contributed by atoms with van der Waals surface area (Å²) in [6, 6.07) is 0. The molecule has 2 atom stereocenters. The van der Waals surface area contributed by atoms with E-state index in [9.17, 15) is 8.42 Å². The van der Waals surface area contributed by atoms with Crippen LogP contribution in [0.2, 0.25) is 0 Å². The minimum atomic E-state index is -3.44. The summed E-state index contributed by atoms with van der Waals surface area (Å²) in [5.41, 5.74) is 5.43. The first kappa shape index (κ1) is 16.8. The van der Waals surface area contributed by atoms with Gasteiger partial charge in [0.25, 0.3) is 10.2 Å². The third kappa shape index (κ3) is 4.39. The third-order valence-corrected chi connectivity index (χ3v) is 5.18. The molecule has 0 aromatic heterocycles. The molecule has 1 fully saturated rings. The van der Waals surface area contributed by atoms with Crippen LogP contribution in [0.1, 0.15) is 27.7 Å². The monoisotopic (exact) mass is 293 g/mol. The van der Waals surface area contributed by atoms with Crippen molar-refractivity contribution in [3.63, 3.8) is 0 Å². The molecular weight excluding hydrogens is 266 g/mol. The number of nitrogens with zero attached hydrogens (tertiary/aromatic N) is 2. The van der Waals surface area contributed by atoms with Crippen LogP contribution in [0.5, 0.6) is 0 Å². The first-order chi connectivity index (χ1) is 8.58. The average Bonchev–Trinajstić information content (AvgIpc) is 2.27. The third-order valence-electron chi connectivity index (χ3n) is 3.31. The van der Waals surface area contributed by atoms with Crippen molar-refractivity contribution in [1.29, 1.82) is 0 Å². The highest BCUT2D eigenvalue weighted by Gasteiger charge is 2.35. The van der Waals surface area contributed by atoms with Crippen LogP contribution in [0, 0.1) is 5.41 Å². The zero-order valence-electron chi connectivity index (χ0n) is 12.6. The molecule has 19 heavy (non-hydrogen) atoms. The Balaban J connectivity index is 2.79. The van der Waals surface area contributed by atoms with Crippen LogP contribution in [0.25, 0.3) is 0 Å². The standard InChI is InChI=1S/C12H27N3O3S/c1-10-6-15(7-11(2)18-10)19(16,17)14(5)9-12(3,4)8-13/h10-11H,6-9,13H2,1-5H3. The fourth-order valence-corrected chi connectivity index (χ4v) is 3.97. The molecule has 2 N–H and O–H groups in total. The summed E-state index contributed by atoms with van der Waals surface area (Å²) >= 11 is 0. The van der Waals surface area contributed by atoms with Gasteiger partial charge in [0.15, 0.2) is 0 Å². The summed E-state index contributed by atoms with van der Waals surface area (Å²) in [5.74, 6) is 0. The van der Waals surface area contributed by atoms with Gasteiger partial charge in [-0.15, -0.1) is 0 Å². The van der Waals surface area contributed by atoms with Crippen molar-refractivity contribution >= 4 is 10.2 Å². The summed E-state index contributed by atoms with van der Waals surface area (Å²) in [4.78, 5) is 0. The van der Waals surface area contributed by atoms with Crippen molar-refractivity contribution in [3.05, 3.63) is 0 Å². The van der Waals surface area contributed by atoms with E-state index in [1.165, 1.54) is 8.61 Å². The lowest BCUT2D eigenvalue weighted by Gasteiger charge is -2.38. The van der Waals surface area contributed by atoms with Gasteiger partial charge in [0, 0.05) is 26.7 Å². The SMILES string of the molecule is CC1CN(S(=O)(=O)N(C)CC(C)(C)CN)CC(C)O1. The van der Waals surface area contributed by atoms with Crippen LogP contribution >= 0.6 is 0 Å². The normalized spacial score (nSPS) is 26.9. The highest BCUT2D eigenvalue weighted by Crippen LogP contribution is 2.20. The van der Waals surface area contributed by atoms with E-state index >= 15 is 0 Å². The molecule has 0 amide bonds. The van der Waals surface area contributed by atoms with Gasteiger partial charge in [-0.25, -0.2) is 0 Å². The first-order valence-corrected chi connectivity index (χ1v) is 8.05. The molecule has 7 heteroatoms. The van der Waals surface area contributed by atoms with Crippen LogP contribution < -0.4 is 5.73 Å². The van der Waals surface area contributed by atoms with Gasteiger partial charge in [0.1, 0.15) is 0 Å². The van der Waals surface area contributed by atoms with Crippen LogP contribution in [-0.2, 0) is 14.9 Å². The van der Waals surface area contributed by atoms with Crippen LogP contribution in [0.15, 0.2) is 0 Å². The molecule has 1 aliphatic heterocycles. The van der Waals surface area contributed by atoms with Gasteiger partial charge in [-0.1, -0.05) is 13.8 Å². The van der Waals surface area contributed by atoms with Crippen LogP contribution in [-0.4, -0.2) is 62.5 Å². The molecule has 0 aromatic carbocycles. The Morgan fingerprint density at radius 3 is 2.21 bits per heavy atom. The number of ether oxygens (including phenoxy) is 1. The first-order valence-electron chi connectivity index (χ1n) is 6.65. The van der Waals surface area contributed by atoms with Gasteiger partial charge in [-0.2, -0.15) is 17.0 Å². The van der Waals surface area contributed by atoms with E-state index < -0.39 is 10.2 Å². The zero-order valence-corrected chi connectivity index (χ0v) is 13.4. The molecule has 1 heterocycles. The van der Waals surface area contributed by atoms with E-state index in [-0.39, 0.29) is 17.6 Å². The molecule has 2 unspecified atom stereocenters. The predicted molar refractivity (Wildman–Crippen MR) is 76.0 cm³/mol. The highest BCUT2D eigenvalue weighted by atomic mass is 32.2. The Labute approximate surface area is 117 Å². The summed E-state index contributed by atoms with van der Waals surface area (Å²) in [6.07, 6.45) is -0.149. The van der Waals surface area contributed by atoms with Gasteiger partial charge in [-0.3, -0.25) is 0 Å². The topological polar surface area (TPSA) is 75.9 Å². The molecule has 1 rings (SSSR count). The number of hydrogen-bond donors (Lipinski definition) is 1. The maximum absolute atomic E-state index is 12.5. The second-order valence-corrected chi connectivity index (χ2v) is 8.24. The predicted octanol–water partition coefficient (Wildman–Crippen LogP) is 0.257. The minimum Gasteiger partial charge on any atom is -0.373 e. The van der Waals surface area contributed by atoms with Crippen molar-refractivity contribution in [2.75, 3.05) is 33.2 Å². The van der Waals surface area contributed by atoms with Gasteiger partial charge in [-0.05, 0) is 25.8 Å². The molecule has 0 saturated carbocycles. The second kappa shape index (κ2) is 6.05. The van der Waals surface area contributed by atoms with Crippen LogP contribution in [0.4, 0.5) is 0 Å². The molecular formula is C12H27N3O3S. The molecule has 0 radical (unpaired) electrons. The Morgan fingerprint density at radius 1 is 1.32 bits per heavy atom. The van der Waals surface area contributed by atoms with Gasteiger partial charge < -0.3 is 10.5 Å². The van der Waals surface area contributed by atoms with E-state index in [2.05, 4.69) is 0 Å². The van der Waals surface area contributed by atoms with Crippen molar-refractivity contribution in [2.24, 2.45) is 11.1 Å². The maximum atomic E-state index is 12.5. The fraction of sp³-hybridized carbons (Fsp3) is 1.00.